The van der Waals surface area contributed by atoms with Crippen LogP contribution >= 0.6 is 0 Å². The highest BCUT2D eigenvalue weighted by atomic mass is 16.5. The van der Waals surface area contributed by atoms with Crippen LogP contribution in [0.5, 0.6) is 5.75 Å². The number of fused-ring (bicyclic) bond motifs is 1. The molecular weight excluding hydrogens is 254 g/mol. The van der Waals surface area contributed by atoms with Gasteiger partial charge >= 0.3 is 0 Å². The monoisotopic (exact) mass is 273 g/mol. The van der Waals surface area contributed by atoms with Gasteiger partial charge in [0.05, 0.1) is 0 Å². The van der Waals surface area contributed by atoms with E-state index in [0.29, 0.717) is 5.89 Å². The number of ether oxygens (including phenoxy) is 1. The molecule has 0 saturated carbocycles. The molecule has 0 aliphatic carbocycles. The molecule has 1 aliphatic rings. The Labute approximate surface area is 118 Å². The van der Waals surface area contributed by atoms with E-state index in [1.807, 2.05) is 0 Å². The summed E-state index contributed by atoms with van der Waals surface area (Å²) in [5.41, 5.74) is 2.49. The standard InChI is InChI=1S/C15H19N3O2/c1-15(2)8-12-7-11(3-4-13(12)19-15)9-16-6-5-14-17-10-18-20-14/h3-4,7,10,16H,5-6,8-9H2,1-2H3. The fraction of sp³-hybridized carbons (Fsp3) is 0.467. The minimum Gasteiger partial charge on any atom is -0.487 e. The number of nitrogens with zero attached hydrogens (tertiary/aromatic N) is 2. The Hall–Kier alpha value is -1.88. The van der Waals surface area contributed by atoms with E-state index in [2.05, 4.69) is 47.5 Å². The normalized spacial score (nSPS) is 15.9. The summed E-state index contributed by atoms with van der Waals surface area (Å²) in [6, 6.07) is 6.41. The largest absolute Gasteiger partial charge is 0.487 e. The van der Waals surface area contributed by atoms with E-state index >= 15 is 0 Å². The topological polar surface area (TPSA) is 60.2 Å². The lowest BCUT2D eigenvalue weighted by atomic mass is 10.0. The molecule has 0 fully saturated rings. The fourth-order valence-corrected chi connectivity index (χ4v) is 2.51. The zero-order chi connectivity index (χ0) is 14.0. The Morgan fingerprint density at radius 2 is 2.25 bits per heavy atom. The second-order valence-corrected chi connectivity index (χ2v) is 5.74. The molecule has 0 radical (unpaired) electrons. The number of hydrogen-bond acceptors (Lipinski definition) is 5. The third-order valence-electron chi connectivity index (χ3n) is 3.38. The Morgan fingerprint density at radius 1 is 1.35 bits per heavy atom. The third kappa shape index (κ3) is 2.99. The molecule has 1 N–H and O–H groups in total. The molecule has 3 rings (SSSR count). The first-order chi connectivity index (χ1) is 9.62. The van der Waals surface area contributed by atoms with Crippen molar-refractivity contribution in [3.63, 3.8) is 0 Å². The minimum absolute atomic E-state index is 0.0770. The van der Waals surface area contributed by atoms with E-state index in [4.69, 9.17) is 9.26 Å². The van der Waals surface area contributed by atoms with Crippen molar-refractivity contribution in [2.75, 3.05) is 6.54 Å². The van der Waals surface area contributed by atoms with E-state index in [0.717, 1.165) is 31.7 Å². The molecule has 0 saturated heterocycles. The van der Waals surface area contributed by atoms with Crippen LogP contribution in [0.4, 0.5) is 0 Å². The fourth-order valence-electron chi connectivity index (χ4n) is 2.51. The SMILES string of the molecule is CC1(C)Cc2cc(CNCCc3ncno3)ccc2O1. The maximum Gasteiger partial charge on any atom is 0.227 e. The summed E-state index contributed by atoms with van der Waals surface area (Å²) in [5.74, 6) is 1.69. The van der Waals surface area contributed by atoms with Gasteiger partial charge in [0, 0.05) is 25.9 Å². The van der Waals surface area contributed by atoms with E-state index < -0.39 is 0 Å². The first kappa shape index (κ1) is 13.1. The molecule has 5 nitrogen and oxygen atoms in total. The minimum atomic E-state index is -0.0770. The van der Waals surface area contributed by atoms with Gasteiger partial charge in [0.25, 0.3) is 0 Å². The summed E-state index contributed by atoms with van der Waals surface area (Å²) in [4.78, 5) is 3.99. The summed E-state index contributed by atoms with van der Waals surface area (Å²) < 4.78 is 10.8. The van der Waals surface area contributed by atoms with Crippen LogP contribution in [0, 0.1) is 0 Å². The van der Waals surface area contributed by atoms with E-state index in [9.17, 15) is 0 Å². The molecule has 1 aromatic heterocycles. The van der Waals surface area contributed by atoms with Crippen LogP contribution < -0.4 is 10.1 Å². The van der Waals surface area contributed by atoms with Gasteiger partial charge < -0.3 is 14.6 Å². The van der Waals surface area contributed by atoms with E-state index in [-0.39, 0.29) is 5.60 Å². The zero-order valence-corrected chi connectivity index (χ0v) is 11.8. The van der Waals surface area contributed by atoms with Crippen LogP contribution in [0.15, 0.2) is 29.0 Å². The van der Waals surface area contributed by atoms with Crippen LogP contribution in [-0.2, 0) is 19.4 Å². The van der Waals surface area contributed by atoms with Gasteiger partial charge in [0.2, 0.25) is 5.89 Å². The third-order valence-corrected chi connectivity index (χ3v) is 3.38. The van der Waals surface area contributed by atoms with E-state index in [1.54, 1.807) is 0 Å². The molecule has 1 aromatic carbocycles. The molecule has 0 unspecified atom stereocenters. The second kappa shape index (κ2) is 5.25. The first-order valence-corrected chi connectivity index (χ1v) is 6.89. The predicted molar refractivity (Wildman–Crippen MR) is 74.6 cm³/mol. The molecule has 106 valence electrons. The van der Waals surface area contributed by atoms with Crippen LogP contribution in [0.3, 0.4) is 0 Å². The van der Waals surface area contributed by atoms with Gasteiger partial charge in [-0.1, -0.05) is 17.3 Å². The average Bonchev–Trinajstić information content (AvgIpc) is 2.99. The number of aromatic nitrogens is 2. The number of rotatable bonds is 5. The predicted octanol–water partition coefficient (Wildman–Crippen LogP) is 2.12. The Kier molecular flexibility index (Phi) is 3.44. The summed E-state index contributed by atoms with van der Waals surface area (Å²) in [6.07, 6.45) is 3.15. The molecule has 0 atom stereocenters. The highest BCUT2D eigenvalue weighted by Crippen LogP contribution is 2.35. The van der Waals surface area contributed by atoms with Crippen LogP contribution in [0.2, 0.25) is 0 Å². The van der Waals surface area contributed by atoms with Gasteiger partial charge in [-0.05, 0) is 31.0 Å². The molecular formula is C15H19N3O2. The van der Waals surface area contributed by atoms with Gasteiger partial charge in [-0.15, -0.1) is 0 Å². The second-order valence-electron chi connectivity index (χ2n) is 5.74. The van der Waals surface area contributed by atoms with Crippen LogP contribution in [-0.4, -0.2) is 22.3 Å². The molecule has 2 aromatic rings. The summed E-state index contributed by atoms with van der Waals surface area (Å²) in [6.45, 7) is 5.90. The van der Waals surface area contributed by atoms with Gasteiger partial charge in [0.15, 0.2) is 6.33 Å². The van der Waals surface area contributed by atoms with Crippen molar-refractivity contribution in [1.82, 2.24) is 15.5 Å². The van der Waals surface area contributed by atoms with Crippen LogP contribution in [0.25, 0.3) is 0 Å². The molecule has 2 heterocycles. The van der Waals surface area contributed by atoms with Crippen molar-refractivity contribution < 1.29 is 9.26 Å². The van der Waals surface area contributed by atoms with Crippen molar-refractivity contribution >= 4 is 0 Å². The molecule has 0 amide bonds. The summed E-state index contributed by atoms with van der Waals surface area (Å²) >= 11 is 0. The summed E-state index contributed by atoms with van der Waals surface area (Å²) in [5, 5.41) is 6.97. The first-order valence-electron chi connectivity index (χ1n) is 6.89. The van der Waals surface area contributed by atoms with Gasteiger partial charge in [-0.2, -0.15) is 4.98 Å². The van der Waals surface area contributed by atoms with Gasteiger partial charge in [0.1, 0.15) is 11.4 Å². The van der Waals surface area contributed by atoms with Crippen molar-refractivity contribution in [1.29, 1.82) is 0 Å². The Morgan fingerprint density at radius 3 is 3.05 bits per heavy atom. The molecule has 20 heavy (non-hydrogen) atoms. The lowest BCUT2D eigenvalue weighted by Crippen LogP contribution is -2.24. The van der Waals surface area contributed by atoms with Crippen molar-refractivity contribution in [2.24, 2.45) is 0 Å². The maximum atomic E-state index is 5.88. The Bertz CT molecular complexity index is 579. The van der Waals surface area contributed by atoms with Crippen LogP contribution in [0.1, 0.15) is 30.9 Å². The highest BCUT2D eigenvalue weighted by molar-refractivity contribution is 5.41. The highest BCUT2D eigenvalue weighted by Gasteiger charge is 2.29. The van der Waals surface area contributed by atoms with Crippen molar-refractivity contribution in [3.8, 4) is 5.75 Å². The number of benzene rings is 1. The van der Waals surface area contributed by atoms with Crippen molar-refractivity contribution in [3.05, 3.63) is 41.5 Å². The maximum absolute atomic E-state index is 5.88. The van der Waals surface area contributed by atoms with E-state index in [1.165, 1.54) is 17.5 Å². The van der Waals surface area contributed by atoms with Gasteiger partial charge in [-0.25, -0.2) is 0 Å². The summed E-state index contributed by atoms with van der Waals surface area (Å²) in [7, 11) is 0. The van der Waals surface area contributed by atoms with Gasteiger partial charge in [-0.3, -0.25) is 0 Å². The molecule has 5 heteroatoms. The smallest absolute Gasteiger partial charge is 0.227 e. The Balaban J connectivity index is 1.52. The molecule has 1 aliphatic heterocycles. The molecule has 0 bridgehead atoms. The lowest BCUT2D eigenvalue weighted by Gasteiger charge is -2.16. The zero-order valence-electron chi connectivity index (χ0n) is 11.8. The number of hydrogen-bond donors (Lipinski definition) is 1. The van der Waals surface area contributed by atoms with Crippen molar-refractivity contribution in [2.45, 2.75) is 38.8 Å². The lowest BCUT2D eigenvalue weighted by molar-refractivity contribution is 0.138. The quantitative estimate of drug-likeness (QED) is 0.845. The molecule has 0 spiro atoms. The number of nitrogens with one attached hydrogen (secondary N) is 1. The average molecular weight is 273 g/mol.